The number of amides is 1. The van der Waals surface area contributed by atoms with Crippen LogP contribution in [0.3, 0.4) is 0 Å². The van der Waals surface area contributed by atoms with Crippen LogP contribution in [0, 0.1) is 11.2 Å². The number of carbonyl (C=O) groups excluding carboxylic acids is 1. The standard InChI is InChI=1S/C14H18Cl2FNO/c1-3-14(4-2,8-15)9-18-13(19)10-5-6-11(16)12(17)7-10/h5-7H,3-4,8-9H2,1-2H3,(H,18,19). The molecule has 0 aromatic heterocycles. The van der Waals surface area contributed by atoms with E-state index in [0.29, 0.717) is 12.4 Å². The van der Waals surface area contributed by atoms with Crippen molar-refractivity contribution in [3.8, 4) is 0 Å². The first-order valence-corrected chi connectivity index (χ1v) is 7.18. The van der Waals surface area contributed by atoms with Gasteiger partial charge in [0.15, 0.2) is 0 Å². The fourth-order valence-electron chi connectivity index (χ4n) is 1.74. The minimum absolute atomic E-state index is 0.00812. The van der Waals surface area contributed by atoms with Gasteiger partial charge in [0, 0.05) is 23.4 Å². The summed E-state index contributed by atoms with van der Waals surface area (Å²) in [5, 5.41) is 2.81. The van der Waals surface area contributed by atoms with Gasteiger partial charge in [0.1, 0.15) is 5.82 Å². The van der Waals surface area contributed by atoms with E-state index in [4.69, 9.17) is 23.2 Å². The van der Waals surface area contributed by atoms with E-state index in [1.54, 1.807) is 0 Å². The first-order valence-electron chi connectivity index (χ1n) is 6.27. The average molecular weight is 306 g/mol. The number of hydrogen-bond donors (Lipinski definition) is 1. The predicted molar refractivity (Wildman–Crippen MR) is 77.5 cm³/mol. The van der Waals surface area contributed by atoms with Crippen LogP contribution in [0.1, 0.15) is 37.0 Å². The molecule has 2 nitrogen and oxygen atoms in total. The number of rotatable bonds is 6. The molecule has 0 saturated carbocycles. The molecule has 0 aliphatic carbocycles. The molecule has 0 aliphatic heterocycles. The van der Waals surface area contributed by atoms with Crippen molar-refractivity contribution in [1.29, 1.82) is 0 Å². The Morgan fingerprint density at radius 1 is 1.37 bits per heavy atom. The van der Waals surface area contributed by atoms with Crippen molar-refractivity contribution in [2.45, 2.75) is 26.7 Å². The van der Waals surface area contributed by atoms with Gasteiger partial charge in [-0.25, -0.2) is 4.39 Å². The van der Waals surface area contributed by atoms with Crippen LogP contribution >= 0.6 is 23.2 Å². The molecule has 0 aliphatic rings. The lowest BCUT2D eigenvalue weighted by Crippen LogP contribution is -2.38. The molecule has 0 fully saturated rings. The highest BCUT2D eigenvalue weighted by atomic mass is 35.5. The van der Waals surface area contributed by atoms with Crippen LogP contribution in [0.4, 0.5) is 4.39 Å². The van der Waals surface area contributed by atoms with Crippen molar-refractivity contribution in [3.05, 3.63) is 34.6 Å². The summed E-state index contributed by atoms with van der Waals surface area (Å²) in [6.07, 6.45) is 1.75. The Labute approximate surface area is 123 Å². The second-order valence-electron chi connectivity index (χ2n) is 4.65. The molecule has 19 heavy (non-hydrogen) atoms. The zero-order valence-electron chi connectivity index (χ0n) is 11.1. The first-order chi connectivity index (χ1) is 8.98. The highest BCUT2D eigenvalue weighted by Crippen LogP contribution is 2.27. The molecule has 0 unspecified atom stereocenters. The molecule has 1 aromatic rings. The summed E-state index contributed by atoms with van der Waals surface area (Å²) in [5.74, 6) is -0.425. The highest BCUT2D eigenvalue weighted by Gasteiger charge is 2.25. The molecule has 0 heterocycles. The van der Waals surface area contributed by atoms with Crippen molar-refractivity contribution >= 4 is 29.1 Å². The number of carbonyl (C=O) groups is 1. The predicted octanol–water partition coefficient (Wildman–Crippen LogP) is 4.25. The molecule has 1 aromatic carbocycles. The SMILES string of the molecule is CCC(CC)(CCl)CNC(=O)c1ccc(Cl)c(F)c1. The summed E-state index contributed by atoms with van der Waals surface area (Å²) >= 11 is 11.5. The van der Waals surface area contributed by atoms with Crippen molar-refractivity contribution < 1.29 is 9.18 Å². The maximum Gasteiger partial charge on any atom is 0.251 e. The molecule has 106 valence electrons. The van der Waals surface area contributed by atoms with E-state index in [9.17, 15) is 9.18 Å². The molecule has 1 rings (SSSR count). The third-order valence-corrected chi connectivity index (χ3v) is 4.46. The van der Waals surface area contributed by atoms with Gasteiger partial charge in [0.25, 0.3) is 5.91 Å². The number of nitrogens with one attached hydrogen (secondary N) is 1. The third kappa shape index (κ3) is 4.08. The number of benzene rings is 1. The smallest absolute Gasteiger partial charge is 0.251 e. The van der Waals surface area contributed by atoms with Crippen molar-refractivity contribution in [3.63, 3.8) is 0 Å². The lowest BCUT2D eigenvalue weighted by atomic mass is 9.84. The van der Waals surface area contributed by atoms with E-state index in [-0.39, 0.29) is 21.9 Å². The lowest BCUT2D eigenvalue weighted by molar-refractivity contribution is 0.0931. The Kier molecular flexibility index (Phi) is 6.08. The molecular weight excluding hydrogens is 288 g/mol. The van der Waals surface area contributed by atoms with Gasteiger partial charge in [-0.1, -0.05) is 25.4 Å². The zero-order valence-corrected chi connectivity index (χ0v) is 12.6. The molecule has 5 heteroatoms. The van der Waals surface area contributed by atoms with Gasteiger partial charge in [0.2, 0.25) is 0 Å². The monoisotopic (exact) mass is 305 g/mol. The first kappa shape index (κ1) is 16.3. The van der Waals surface area contributed by atoms with Crippen LogP contribution < -0.4 is 5.32 Å². The zero-order chi connectivity index (χ0) is 14.5. The number of hydrogen-bond acceptors (Lipinski definition) is 1. The lowest BCUT2D eigenvalue weighted by Gasteiger charge is -2.29. The van der Waals surface area contributed by atoms with Gasteiger partial charge in [-0.05, 0) is 31.0 Å². The molecule has 1 amide bonds. The quantitative estimate of drug-likeness (QED) is 0.782. The summed E-state index contributed by atoms with van der Waals surface area (Å²) < 4.78 is 13.3. The topological polar surface area (TPSA) is 29.1 Å². The Balaban J connectivity index is 2.72. The molecular formula is C14H18Cl2FNO. The van der Waals surface area contributed by atoms with Crippen LogP contribution in [0.25, 0.3) is 0 Å². The fourth-order valence-corrected chi connectivity index (χ4v) is 2.33. The average Bonchev–Trinajstić information content (AvgIpc) is 2.43. The Bertz CT molecular complexity index is 439. The van der Waals surface area contributed by atoms with E-state index in [1.165, 1.54) is 12.1 Å². The summed E-state index contributed by atoms with van der Waals surface area (Å²) in [6.45, 7) is 4.56. The molecule has 0 spiro atoms. The van der Waals surface area contributed by atoms with E-state index in [2.05, 4.69) is 5.32 Å². The Morgan fingerprint density at radius 3 is 2.47 bits per heavy atom. The maximum absolute atomic E-state index is 13.3. The van der Waals surface area contributed by atoms with Crippen LogP contribution in [0.5, 0.6) is 0 Å². The van der Waals surface area contributed by atoms with Crippen LogP contribution in [0.15, 0.2) is 18.2 Å². The van der Waals surface area contributed by atoms with E-state index >= 15 is 0 Å². The number of alkyl halides is 1. The Hall–Kier alpha value is -0.800. The molecule has 0 saturated heterocycles. The summed E-state index contributed by atoms with van der Waals surface area (Å²) in [5.41, 5.74) is 0.153. The van der Waals surface area contributed by atoms with E-state index < -0.39 is 5.82 Å². The molecule has 0 bridgehead atoms. The maximum atomic E-state index is 13.3. The van der Waals surface area contributed by atoms with Gasteiger partial charge in [0.05, 0.1) is 5.02 Å². The highest BCUT2D eigenvalue weighted by molar-refractivity contribution is 6.30. The summed E-state index contributed by atoms with van der Waals surface area (Å²) in [6, 6.07) is 4.01. The minimum Gasteiger partial charge on any atom is -0.351 e. The van der Waals surface area contributed by atoms with Gasteiger partial charge in [-0.2, -0.15) is 0 Å². The normalized spacial score (nSPS) is 11.4. The van der Waals surface area contributed by atoms with Gasteiger partial charge < -0.3 is 5.32 Å². The van der Waals surface area contributed by atoms with Gasteiger partial charge in [-0.3, -0.25) is 4.79 Å². The molecule has 0 atom stereocenters. The Morgan fingerprint density at radius 2 is 2.00 bits per heavy atom. The van der Waals surface area contributed by atoms with Crippen molar-refractivity contribution in [1.82, 2.24) is 5.32 Å². The second-order valence-corrected chi connectivity index (χ2v) is 5.33. The van der Waals surface area contributed by atoms with Crippen LogP contribution in [-0.4, -0.2) is 18.3 Å². The fraction of sp³-hybridized carbons (Fsp3) is 0.500. The number of halogens is 3. The molecule has 1 N–H and O–H groups in total. The van der Waals surface area contributed by atoms with E-state index in [0.717, 1.165) is 18.9 Å². The van der Waals surface area contributed by atoms with Gasteiger partial charge >= 0.3 is 0 Å². The minimum atomic E-state index is -0.594. The third-order valence-electron chi connectivity index (χ3n) is 3.59. The van der Waals surface area contributed by atoms with E-state index in [1.807, 2.05) is 13.8 Å². The summed E-state index contributed by atoms with van der Waals surface area (Å²) in [4.78, 5) is 11.9. The summed E-state index contributed by atoms with van der Waals surface area (Å²) in [7, 11) is 0. The largest absolute Gasteiger partial charge is 0.351 e. The second kappa shape index (κ2) is 7.11. The van der Waals surface area contributed by atoms with Crippen LogP contribution in [0.2, 0.25) is 5.02 Å². The van der Waals surface area contributed by atoms with Crippen molar-refractivity contribution in [2.24, 2.45) is 5.41 Å². The van der Waals surface area contributed by atoms with Gasteiger partial charge in [-0.15, -0.1) is 11.6 Å². The van der Waals surface area contributed by atoms with Crippen molar-refractivity contribution in [2.75, 3.05) is 12.4 Å². The van der Waals surface area contributed by atoms with Crippen LogP contribution in [-0.2, 0) is 0 Å². The molecule has 0 radical (unpaired) electrons.